The Morgan fingerprint density at radius 3 is 2.02 bits per heavy atom. The van der Waals surface area contributed by atoms with E-state index in [1.165, 1.54) is 19.3 Å². The molecule has 49 heavy (non-hydrogen) atoms. The molecule has 7 aliphatic carbocycles. The Bertz CT molecular complexity index is 1370. The van der Waals surface area contributed by atoms with Crippen LogP contribution in [0.4, 0.5) is 0 Å². The Labute approximate surface area is 295 Å². The van der Waals surface area contributed by atoms with Gasteiger partial charge in [0.2, 0.25) is 0 Å². The average Bonchev–Trinajstić information content (AvgIpc) is 3.14. The minimum Gasteiger partial charge on any atom is -0.478 e. The van der Waals surface area contributed by atoms with Crippen LogP contribution in [0.3, 0.4) is 0 Å². The smallest absolute Gasteiger partial charge is 0.333 e. The van der Waals surface area contributed by atoms with E-state index in [4.69, 9.17) is 19.7 Å². The lowest BCUT2D eigenvalue weighted by molar-refractivity contribution is -0.493. The molecule has 8 rings (SSSR count). The third kappa shape index (κ3) is 5.18. The van der Waals surface area contributed by atoms with Gasteiger partial charge in [0.15, 0.2) is 0 Å². The number of aliphatic carboxylic acids is 1. The number of fused-ring (bicyclic) bond motifs is 7. The van der Waals surface area contributed by atoms with Gasteiger partial charge in [-0.3, -0.25) is 0 Å². The van der Waals surface area contributed by atoms with E-state index in [1.807, 2.05) is 19.9 Å². The van der Waals surface area contributed by atoms with Crippen molar-refractivity contribution in [3.8, 4) is 0 Å². The van der Waals surface area contributed by atoms with E-state index < -0.39 is 12.1 Å². The highest BCUT2D eigenvalue weighted by Crippen LogP contribution is 2.86. The van der Waals surface area contributed by atoms with Crippen molar-refractivity contribution in [2.75, 3.05) is 7.11 Å². The summed E-state index contributed by atoms with van der Waals surface area (Å²) in [5, 5.41) is 38.1. The molecule has 12 unspecified atom stereocenters. The SMILES string of the molecule is C/C=C(/C)C(=O)O.C/C=C(/C)C(=O)OC1[C@H](C)C23CC4(CC1(C)C)OC1(CCC5C6(C)CCC(O)C(C)C6CCC5(C)C1C[C@H]2O)C43.CO. The maximum absolute atomic E-state index is 13.1. The van der Waals surface area contributed by atoms with E-state index in [9.17, 15) is 19.8 Å². The fraction of sp³-hybridized carbons (Fsp3) is 0.854. The molecule has 0 radical (unpaired) electrons. The van der Waals surface area contributed by atoms with Gasteiger partial charge in [0.05, 0.1) is 23.4 Å². The van der Waals surface area contributed by atoms with Crippen LogP contribution in [0.15, 0.2) is 23.3 Å². The van der Waals surface area contributed by atoms with Crippen LogP contribution >= 0.6 is 0 Å². The highest BCUT2D eigenvalue weighted by molar-refractivity contribution is 5.87. The van der Waals surface area contributed by atoms with Gasteiger partial charge in [0, 0.05) is 40.9 Å². The summed E-state index contributed by atoms with van der Waals surface area (Å²) in [5.41, 5.74) is 0.603. The molecule has 8 nitrogen and oxygen atoms in total. The topological polar surface area (TPSA) is 134 Å². The number of ether oxygens (including phenoxy) is 2. The van der Waals surface area contributed by atoms with Gasteiger partial charge in [-0.2, -0.15) is 0 Å². The number of aliphatic hydroxyl groups excluding tert-OH is 3. The van der Waals surface area contributed by atoms with E-state index in [2.05, 4.69) is 41.5 Å². The maximum atomic E-state index is 13.1. The molecule has 2 bridgehead atoms. The van der Waals surface area contributed by atoms with Crippen molar-refractivity contribution in [2.45, 2.75) is 157 Å². The van der Waals surface area contributed by atoms with Crippen molar-refractivity contribution >= 4 is 11.9 Å². The van der Waals surface area contributed by atoms with Gasteiger partial charge in [0.1, 0.15) is 6.10 Å². The zero-order valence-electron chi connectivity index (χ0n) is 32.1. The Hall–Kier alpha value is -1.74. The van der Waals surface area contributed by atoms with Crippen LogP contribution in [-0.2, 0) is 19.1 Å². The van der Waals surface area contributed by atoms with Crippen LogP contribution in [0.2, 0.25) is 0 Å². The summed E-state index contributed by atoms with van der Waals surface area (Å²) in [4.78, 5) is 22.9. The van der Waals surface area contributed by atoms with E-state index in [-0.39, 0.29) is 57.0 Å². The fourth-order valence-electron chi connectivity index (χ4n) is 14.0. The number of esters is 1. The first kappa shape index (κ1) is 38.5. The summed E-state index contributed by atoms with van der Waals surface area (Å²) in [6, 6.07) is 0. The number of carbonyl (C=O) groups is 2. The minimum atomic E-state index is -0.845. The molecular formula is C41H66O8. The normalized spacial score (nSPS) is 50.3. The van der Waals surface area contributed by atoms with Crippen molar-refractivity contribution in [3.63, 3.8) is 0 Å². The molecule has 3 spiro atoms. The molecule has 8 heteroatoms. The number of hydrogen-bond donors (Lipinski definition) is 4. The quantitative estimate of drug-likeness (QED) is 0.183. The van der Waals surface area contributed by atoms with Crippen LogP contribution < -0.4 is 0 Å². The minimum absolute atomic E-state index is 0.0768. The third-order valence-corrected chi connectivity index (χ3v) is 16.1. The zero-order valence-corrected chi connectivity index (χ0v) is 32.1. The molecule has 8 fully saturated rings. The molecular weight excluding hydrogens is 620 g/mol. The van der Waals surface area contributed by atoms with E-state index in [0.29, 0.717) is 40.7 Å². The summed E-state index contributed by atoms with van der Waals surface area (Å²) in [5.74, 6) is 1.27. The van der Waals surface area contributed by atoms with Crippen LogP contribution in [0, 0.1) is 57.2 Å². The summed E-state index contributed by atoms with van der Waals surface area (Å²) in [7, 11) is 1.00. The van der Waals surface area contributed by atoms with Crippen LogP contribution in [0.1, 0.15) is 127 Å². The van der Waals surface area contributed by atoms with E-state index in [1.54, 1.807) is 19.9 Å². The van der Waals surface area contributed by atoms with Crippen LogP contribution in [-0.4, -0.2) is 69.0 Å². The molecule has 1 aliphatic heterocycles. The van der Waals surface area contributed by atoms with Gasteiger partial charge >= 0.3 is 11.9 Å². The number of allylic oxidation sites excluding steroid dienone is 2. The molecule has 14 atom stereocenters. The van der Waals surface area contributed by atoms with E-state index in [0.717, 1.165) is 45.6 Å². The number of carbonyl (C=O) groups excluding carboxylic acids is 1. The predicted octanol–water partition coefficient (Wildman–Crippen LogP) is 7.09. The molecule has 1 heterocycles. The van der Waals surface area contributed by atoms with Crippen LogP contribution in [0.25, 0.3) is 0 Å². The van der Waals surface area contributed by atoms with Gasteiger partial charge in [-0.05, 0) is 120 Å². The highest BCUT2D eigenvalue weighted by atomic mass is 16.6. The fourth-order valence-corrected chi connectivity index (χ4v) is 14.0. The second-order valence-corrected chi connectivity index (χ2v) is 18.4. The number of rotatable bonds is 3. The third-order valence-electron chi connectivity index (χ3n) is 16.1. The summed E-state index contributed by atoms with van der Waals surface area (Å²) < 4.78 is 13.7. The maximum Gasteiger partial charge on any atom is 0.333 e. The van der Waals surface area contributed by atoms with Crippen molar-refractivity contribution in [1.82, 2.24) is 0 Å². The van der Waals surface area contributed by atoms with Crippen molar-refractivity contribution < 1.29 is 39.5 Å². The standard InChI is InChI=1S/C35H54O5.C5H8O2.CH4O/c1-9-19(2)28(38)39-27-21(4)34-18-33(17-30(27,5)6)29(34)35(40-33)15-12-24-31(7)14-11-23(36)20(3)22(31)10-13-32(24,8)25(35)16-26(34)37;1-3-4(2)5(6)7;1-2/h9,20-27,29,36-37H,10-18H2,1-8H3;3H,1-2H3,(H,6,7);2H,1H3/b19-9-;4-3-;/t20?,21-,22?,23?,24?,25?,26+,27?,29?,31?,32?,33?,34?,35?;;/m0../s1. The monoisotopic (exact) mass is 686 g/mol. The molecule has 8 aliphatic rings. The molecule has 4 N–H and O–H groups in total. The highest BCUT2D eigenvalue weighted by Gasteiger charge is 2.89. The molecule has 0 aromatic heterocycles. The Kier molecular flexibility index (Phi) is 10.0. The lowest BCUT2D eigenvalue weighted by atomic mass is 9.27. The summed E-state index contributed by atoms with van der Waals surface area (Å²) >= 11 is 0. The largest absolute Gasteiger partial charge is 0.478 e. The van der Waals surface area contributed by atoms with Gasteiger partial charge in [-0.25, -0.2) is 9.59 Å². The molecule has 1 saturated heterocycles. The number of hydrogen-bond acceptors (Lipinski definition) is 7. The van der Waals surface area contributed by atoms with E-state index >= 15 is 0 Å². The molecule has 0 aromatic carbocycles. The van der Waals surface area contributed by atoms with Gasteiger partial charge in [0.25, 0.3) is 0 Å². The van der Waals surface area contributed by atoms with Gasteiger partial charge < -0.3 is 29.9 Å². The first-order valence-electron chi connectivity index (χ1n) is 19.0. The van der Waals surface area contributed by atoms with Gasteiger partial charge in [-0.15, -0.1) is 0 Å². The Morgan fingerprint density at radius 1 is 0.837 bits per heavy atom. The summed E-state index contributed by atoms with van der Waals surface area (Å²) in [6.45, 7) is 21.1. The number of aliphatic hydroxyl groups is 3. The van der Waals surface area contributed by atoms with Crippen molar-refractivity contribution in [1.29, 1.82) is 0 Å². The molecule has 7 saturated carbocycles. The molecule has 0 aromatic rings. The lowest BCUT2D eigenvalue weighted by Gasteiger charge is -2.85. The van der Waals surface area contributed by atoms with Gasteiger partial charge in [-0.1, -0.05) is 53.7 Å². The average molecular weight is 687 g/mol. The first-order valence-corrected chi connectivity index (χ1v) is 19.0. The zero-order chi connectivity index (χ0) is 36.7. The van der Waals surface area contributed by atoms with Crippen molar-refractivity contribution in [3.05, 3.63) is 23.3 Å². The Morgan fingerprint density at radius 2 is 1.45 bits per heavy atom. The Balaban J connectivity index is 0.000000466. The second-order valence-electron chi connectivity index (χ2n) is 18.4. The first-order chi connectivity index (χ1) is 22.8. The summed E-state index contributed by atoms with van der Waals surface area (Å²) in [6.07, 6.45) is 11.9. The number of carboxylic acid groups (broad SMARTS) is 1. The molecule has 278 valence electrons. The lowest BCUT2D eigenvalue weighted by Crippen LogP contribution is -2.90. The van der Waals surface area contributed by atoms with Crippen molar-refractivity contribution in [2.24, 2.45) is 57.2 Å². The molecule has 0 amide bonds. The predicted molar refractivity (Wildman–Crippen MR) is 189 cm³/mol. The van der Waals surface area contributed by atoms with Crippen LogP contribution in [0.5, 0.6) is 0 Å². The second kappa shape index (κ2) is 12.7. The number of carboxylic acids is 1.